The van der Waals surface area contributed by atoms with E-state index >= 15 is 0 Å². The smallest absolute Gasteiger partial charge is 0.272 e. The monoisotopic (exact) mass is 408 g/mol. The van der Waals surface area contributed by atoms with Crippen LogP contribution in [0.15, 0.2) is 47.4 Å². The van der Waals surface area contributed by atoms with Crippen LogP contribution in [0.3, 0.4) is 0 Å². The molecule has 1 amide bonds. The van der Waals surface area contributed by atoms with Crippen molar-refractivity contribution in [1.29, 1.82) is 0 Å². The van der Waals surface area contributed by atoms with E-state index in [0.29, 0.717) is 24.2 Å². The first kappa shape index (κ1) is 21.2. The fraction of sp³-hybridized carbons (Fsp3) is 0.222. The minimum Gasteiger partial charge on any atom is -0.494 e. The summed E-state index contributed by atoms with van der Waals surface area (Å²) >= 11 is 0. The van der Waals surface area contributed by atoms with Gasteiger partial charge in [-0.2, -0.15) is 0 Å². The van der Waals surface area contributed by atoms with Gasteiger partial charge in [0.05, 0.1) is 18.6 Å². The molecule has 0 unspecified atom stereocenters. The minimum absolute atomic E-state index is 0.0386. The summed E-state index contributed by atoms with van der Waals surface area (Å²) in [7, 11) is -2.56. The molecule has 0 saturated carbocycles. The number of aldehydes is 1. The van der Waals surface area contributed by atoms with Gasteiger partial charge in [0, 0.05) is 5.56 Å². The van der Waals surface area contributed by atoms with Gasteiger partial charge in [0.15, 0.2) is 18.1 Å². The lowest BCUT2D eigenvalue weighted by Crippen LogP contribution is -2.43. The Kier molecular flexibility index (Phi) is 7.36. The van der Waals surface area contributed by atoms with Gasteiger partial charge < -0.3 is 14.2 Å². The first-order chi connectivity index (χ1) is 13.4. The summed E-state index contributed by atoms with van der Waals surface area (Å²) in [5.74, 6) is 0.314. The number of hydrogen-bond acceptors (Lipinski definition) is 7. The van der Waals surface area contributed by atoms with E-state index in [9.17, 15) is 18.0 Å². The third kappa shape index (κ3) is 5.69. The number of hydrazine groups is 1. The second kappa shape index (κ2) is 9.72. The topological polar surface area (TPSA) is 120 Å². The quantitative estimate of drug-likeness (QED) is 0.449. The van der Waals surface area contributed by atoms with Gasteiger partial charge in [0.25, 0.3) is 15.9 Å². The lowest BCUT2D eigenvalue weighted by atomic mass is 10.2. The van der Waals surface area contributed by atoms with Crippen LogP contribution in [0, 0.1) is 0 Å². The van der Waals surface area contributed by atoms with Gasteiger partial charge in [0.2, 0.25) is 0 Å². The van der Waals surface area contributed by atoms with E-state index in [4.69, 9.17) is 14.2 Å². The van der Waals surface area contributed by atoms with Crippen molar-refractivity contribution in [2.75, 3.05) is 20.3 Å². The molecule has 0 aliphatic rings. The Bertz CT molecular complexity index is 927. The molecule has 0 bridgehead atoms. The van der Waals surface area contributed by atoms with E-state index < -0.39 is 22.5 Å². The van der Waals surface area contributed by atoms with Crippen molar-refractivity contribution in [1.82, 2.24) is 10.3 Å². The molecule has 2 N–H and O–H groups in total. The number of hydrogen-bond donors (Lipinski definition) is 2. The Labute approximate surface area is 162 Å². The zero-order valence-electron chi connectivity index (χ0n) is 15.3. The van der Waals surface area contributed by atoms with E-state index in [0.717, 1.165) is 0 Å². The molecule has 0 aromatic heterocycles. The lowest BCUT2D eigenvalue weighted by Gasteiger charge is -2.12. The number of benzene rings is 2. The SMILES string of the molecule is CCOc1ccc(S(=O)(=O)NNC(=O)COc2ccc(C=O)cc2OC)cc1. The average molecular weight is 408 g/mol. The molecule has 0 saturated heterocycles. The van der Waals surface area contributed by atoms with Crippen LogP contribution in [0.1, 0.15) is 17.3 Å². The molecule has 0 aliphatic heterocycles. The van der Waals surface area contributed by atoms with Crippen LogP contribution < -0.4 is 24.5 Å². The van der Waals surface area contributed by atoms with E-state index in [1.54, 1.807) is 0 Å². The van der Waals surface area contributed by atoms with Crippen LogP contribution in [0.4, 0.5) is 0 Å². The van der Waals surface area contributed by atoms with Gasteiger partial charge in [-0.15, -0.1) is 4.83 Å². The minimum atomic E-state index is -3.95. The highest BCUT2D eigenvalue weighted by molar-refractivity contribution is 7.89. The zero-order chi connectivity index (χ0) is 20.6. The summed E-state index contributed by atoms with van der Waals surface area (Å²) in [5, 5.41) is 0. The number of nitrogens with one attached hydrogen (secondary N) is 2. The van der Waals surface area contributed by atoms with Crippen LogP contribution in [0.5, 0.6) is 17.2 Å². The fourth-order valence-corrected chi connectivity index (χ4v) is 2.98. The van der Waals surface area contributed by atoms with Crippen molar-refractivity contribution in [3.63, 3.8) is 0 Å². The normalized spacial score (nSPS) is 10.8. The predicted molar refractivity (Wildman–Crippen MR) is 100.0 cm³/mol. The molecule has 2 aromatic rings. The molecule has 2 aromatic carbocycles. The Balaban J connectivity index is 1.92. The molecule has 0 heterocycles. The van der Waals surface area contributed by atoms with Gasteiger partial charge in [-0.05, 0) is 49.4 Å². The van der Waals surface area contributed by atoms with Gasteiger partial charge in [-0.3, -0.25) is 15.0 Å². The molecule has 150 valence electrons. The summed E-state index contributed by atoms with van der Waals surface area (Å²) in [4.78, 5) is 24.6. The number of methoxy groups -OCH3 is 1. The van der Waals surface area contributed by atoms with E-state index in [1.807, 2.05) is 11.8 Å². The third-order valence-electron chi connectivity index (χ3n) is 3.45. The highest BCUT2D eigenvalue weighted by atomic mass is 32.2. The van der Waals surface area contributed by atoms with E-state index in [-0.39, 0.29) is 16.4 Å². The summed E-state index contributed by atoms with van der Waals surface area (Å²) in [6.45, 7) is 1.81. The first-order valence-electron chi connectivity index (χ1n) is 8.19. The summed E-state index contributed by atoms with van der Waals surface area (Å²) < 4.78 is 40.0. The lowest BCUT2D eigenvalue weighted by molar-refractivity contribution is -0.123. The van der Waals surface area contributed by atoms with Crippen LogP contribution in [-0.2, 0) is 14.8 Å². The molecular formula is C18H20N2O7S. The zero-order valence-corrected chi connectivity index (χ0v) is 16.1. The predicted octanol–water partition coefficient (Wildman–Crippen LogP) is 1.29. The number of sulfonamides is 1. The highest BCUT2D eigenvalue weighted by Crippen LogP contribution is 2.27. The Morgan fingerprint density at radius 2 is 1.79 bits per heavy atom. The Hall–Kier alpha value is -3.11. The number of carbonyl (C=O) groups excluding carboxylic acids is 2. The van der Waals surface area contributed by atoms with Crippen molar-refractivity contribution in [2.45, 2.75) is 11.8 Å². The molecule has 0 fully saturated rings. The fourth-order valence-electron chi connectivity index (χ4n) is 2.12. The van der Waals surface area contributed by atoms with Crippen LogP contribution >= 0.6 is 0 Å². The number of rotatable bonds is 10. The number of carbonyl (C=O) groups is 2. The molecule has 2 rings (SSSR count). The molecule has 0 aliphatic carbocycles. The van der Waals surface area contributed by atoms with Crippen LogP contribution in [0.2, 0.25) is 0 Å². The number of ether oxygens (including phenoxy) is 3. The number of amides is 1. The van der Waals surface area contributed by atoms with Crippen LogP contribution in [-0.4, -0.2) is 40.9 Å². The molecule has 9 nitrogen and oxygen atoms in total. The third-order valence-corrected chi connectivity index (χ3v) is 4.72. The summed E-state index contributed by atoms with van der Waals surface area (Å²) in [6, 6.07) is 10.2. The summed E-state index contributed by atoms with van der Waals surface area (Å²) in [5.41, 5.74) is 2.45. The Morgan fingerprint density at radius 3 is 2.39 bits per heavy atom. The van der Waals surface area contributed by atoms with Crippen molar-refractivity contribution >= 4 is 22.2 Å². The van der Waals surface area contributed by atoms with Gasteiger partial charge in [0.1, 0.15) is 12.0 Å². The van der Waals surface area contributed by atoms with E-state index in [2.05, 4.69) is 5.43 Å². The second-order valence-electron chi connectivity index (χ2n) is 5.37. The van der Waals surface area contributed by atoms with Gasteiger partial charge >= 0.3 is 0 Å². The molecule has 10 heteroatoms. The van der Waals surface area contributed by atoms with Gasteiger partial charge in [-0.1, -0.05) is 0 Å². The molecular weight excluding hydrogens is 388 g/mol. The van der Waals surface area contributed by atoms with E-state index in [1.165, 1.54) is 49.6 Å². The average Bonchev–Trinajstić information content (AvgIpc) is 2.71. The van der Waals surface area contributed by atoms with Crippen molar-refractivity contribution in [3.8, 4) is 17.2 Å². The standard InChI is InChI=1S/C18H20N2O7S/c1-3-26-14-5-7-15(8-6-14)28(23,24)20-19-18(22)12-27-16-9-4-13(11-21)10-17(16)25-2/h4-11,20H,3,12H2,1-2H3,(H,19,22). The first-order valence-corrected chi connectivity index (χ1v) is 9.67. The highest BCUT2D eigenvalue weighted by Gasteiger charge is 2.16. The maximum absolute atomic E-state index is 12.2. The molecule has 0 spiro atoms. The van der Waals surface area contributed by atoms with Gasteiger partial charge in [-0.25, -0.2) is 8.42 Å². The molecule has 0 atom stereocenters. The van der Waals surface area contributed by atoms with Crippen molar-refractivity contribution < 1.29 is 32.2 Å². The second-order valence-corrected chi connectivity index (χ2v) is 7.06. The Morgan fingerprint density at radius 1 is 1.07 bits per heavy atom. The van der Waals surface area contributed by atoms with Crippen molar-refractivity contribution in [3.05, 3.63) is 48.0 Å². The largest absolute Gasteiger partial charge is 0.494 e. The van der Waals surface area contributed by atoms with Crippen molar-refractivity contribution in [2.24, 2.45) is 0 Å². The molecule has 28 heavy (non-hydrogen) atoms. The van der Waals surface area contributed by atoms with Crippen LogP contribution in [0.25, 0.3) is 0 Å². The maximum Gasteiger partial charge on any atom is 0.272 e. The maximum atomic E-state index is 12.2. The summed E-state index contributed by atoms with van der Waals surface area (Å²) in [6.07, 6.45) is 0.648. The molecule has 0 radical (unpaired) electrons.